The fourth-order valence-corrected chi connectivity index (χ4v) is 5.80. The van der Waals surface area contributed by atoms with Gasteiger partial charge in [-0.25, -0.2) is 0 Å². The van der Waals surface area contributed by atoms with Gasteiger partial charge < -0.3 is 9.64 Å². The summed E-state index contributed by atoms with van der Waals surface area (Å²) in [5, 5.41) is 1.11. The number of halogens is 2. The summed E-state index contributed by atoms with van der Waals surface area (Å²) in [7, 11) is 1.66. The zero-order valence-corrected chi connectivity index (χ0v) is 19.0. The quantitative estimate of drug-likeness (QED) is 0.510. The number of carbonyl (C=O) groups excluding carboxylic acids is 1. The molecule has 3 unspecified atom stereocenters. The molecule has 1 amide bonds. The standard InChI is InChI=1S/C23H25Cl2NO2S/c1-14-7-5-6-12-26(14)23(27)17-13-16(17)15-10-11-20(22(25)21(15)24)29-19-9-4-3-8-18(19)28-2/h3-4,8-11,14,16-17H,5-7,12-13H2,1-2H3. The molecule has 2 fully saturated rings. The van der Waals surface area contributed by atoms with E-state index in [0.29, 0.717) is 16.1 Å². The minimum absolute atomic E-state index is 0.0387. The molecule has 0 aromatic heterocycles. The second kappa shape index (κ2) is 8.79. The van der Waals surface area contributed by atoms with E-state index < -0.39 is 0 Å². The van der Waals surface area contributed by atoms with Crippen LogP contribution in [0.3, 0.4) is 0 Å². The number of piperidine rings is 1. The van der Waals surface area contributed by atoms with E-state index in [4.69, 9.17) is 27.9 Å². The summed E-state index contributed by atoms with van der Waals surface area (Å²) in [6.45, 7) is 3.04. The minimum atomic E-state index is 0.0387. The molecule has 1 aliphatic heterocycles. The normalized spacial score (nSPS) is 23.7. The van der Waals surface area contributed by atoms with Crippen molar-refractivity contribution in [3.05, 3.63) is 52.0 Å². The zero-order chi connectivity index (χ0) is 20.5. The minimum Gasteiger partial charge on any atom is -0.496 e. The van der Waals surface area contributed by atoms with Crippen molar-refractivity contribution in [2.45, 2.75) is 54.4 Å². The van der Waals surface area contributed by atoms with E-state index in [0.717, 1.165) is 46.9 Å². The van der Waals surface area contributed by atoms with E-state index in [9.17, 15) is 4.79 Å². The van der Waals surface area contributed by atoms with E-state index in [2.05, 4.69) is 11.8 Å². The van der Waals surface area contributed by atoms with E-state index in [1.807, 2.05) is 36.4 Å². The van der Waals surface area contributed by atoms with Crippen molar-refractivity contribution in [2.24, 2.45) is 5.92 Å². The number of hydrogen-bond acceptors (Lipinski definition) is 3. The third-order valence-corrected chi connectivity index (χ3v) is 8.08. The van der Waals surface area contributed by atoms with Crippen molar-refractivity contribution < 1.29 is 9.53 Å². The molecule has 2 aliphatic rings. The van der Waals surface area contributed by atoms with Crippen LogP contribution >= 0.6 is 35.0 Å². The largest absolute Gasteiger partial charge is 0.496 e. The molecule has 1 aliphatic carbocycles. The van der Waals surface area contributed by atoms with Crippen LogP contribution in [0.1, 0.15) is 44.1 Å². The highest BCUT2D eigenvalue weighted by Gasteiger charge is 2.47. The number of nitrogens with zero attached hydrogens (tertiary/aromatic N) is 1. The zero-order valence-electron chi connectivity index (χ0n) is 16.7. The first-order valence-corrected chi connectivity index (χ1v) is 11.7. The Morgan fingerprint density at radius 1 is 1.10 bits per heavy atom. The summed E-state index contributed by atoms with van der Waals surface area (Å²) in [5.74, 6) is 1.29. The van der Waals surface area contributed by atoms with E-state index in [-0.39, 0.29) is 17.7 Å². The van der Waals surface area contributed by atoms with Gasteiger partial charge in [0.2, 0.25) is 5.91 Å². The van der Waals surface area contributed by atoms with Crippen LogP contribution in [0.15, 0.2) is 46.2 Å². The number of rotatable bonds is 5. The summed E-state index contributed by atoms with van der Waals surface area (Å²) in [4.78, 5) is 16.9. The summed E-state index contributed by atoms with van der Waals surface area (Å²) in [6.07, 6.45) is 4.28. The third-order valence-electron chi connectivity index (χ3n) is 5.96. The van der Waals surface area contributed by atoms with Crippen molar-refractivity contribution >= 4 is 40.9 Å². The molecule has 6 heteroatoms. The molecule has 3 nitrogen and oxygen atoms in total. The lowest BCUT2D eigenvalue weighted by molar-refractivity contribution is -0.135. The fourth-order valence-electron chi connectivity index (χ4n) is 4.18. The maximum Gasteiger partial charge on any atom is 0.226 e. The third kappa shape index (κ3) is 4.26. The van der Waals surface area contributed by atoms with Crippen molar-refractivity contribution in [1.82, 2.24) is 4.90 Å². The van der Waals surface area contributed by atoms with Crippen LogP contribution in [-0.4, -0.2) is 30.5 Å². The topological polar surface area (TPSA) is 29.5 Å². The van der Waals surface area contributed by atoms with Crippen LogP contribution in [0.2, 0.25) is 10.0 Å². The smallest absolute Gasteiger partial charge is 0.226 e. The molecule has 1 heterocycles. The Balaban J connectivity index is 1.50. The van der Waals surface area contributed by atoms with Crippen LogP contribution in [-0.2, 0) is 4.79 Å². The van der Waals surface area contributed by atoms with Gasteiger partial charge in [-0.15, -0.1) is 0 Å². The van der Waals surface area contributed by atoms with Gasteiger partial charge in [0.05, 0.1) is 22.1 Å². The molecule has 4 rings (SSSR count). The Labute approximate surface area is 186 Å². The van der Waals surface area contributed by atoms with Crippen LogP contribution in [0, 0.1) is 5.92 Å². The molecule has 154 valence electrons. The Kier molecular flexibility index (Phi) is 6.33. The highest BCUT2D eigenvalue weighted by atomic mass is 35.5. The molecule has 1 saturated carbocycles. The van der Waals surface area contributed by atoms with Gasteiger partial charge in [0.1, 0.15) is 5.75 Å². The number of ether oxygens (including phenoxy) is 1. The average molecular weight is 450 g/mol. The molecule has 29 heavy (non-hydrogen) atoms. The molecular formula is C23H25Cl2NO2S. The summed E-state index contributed by atoms with van der Waals surface area (Å²) in [6, 6.07) is 12.2. The maximum atomic E-state index is 13.0. The lowest BCUT2D eigenvalue weighted by Crippen LogP contribution is -2.43. The Morgan fingerprint density at radius 3 is 2.66 bits per heavy atom. The number of amides is 1. The second-order valence-corrected chi connectivity index (χ2v) is 9.70. The highest BCUT2D eigenvalue weighted by Crippen LogP contribution is 2.53. The summed E-state index contributed by atoms with van der Waals surface area (Å²) >= 11 is 14.8. The van der Waals surface area contributed by atoms with Gasteiger partial charge in [-0.1, -0.05) is 53.2 Å². The Hall–Kier alpha value is -1.36. The predicted molar refractivity (Wildman–Crippen MR) is 119 cm³/mol. The van der Waals surface area contributed by atoms with Gasteiger partial charge in [-0.05, 0) is 62.3 Å². The molecule has 0 spiro atoms. The van der Waals surface area contributed by atoms with Gasteiger partial charge >= 0.3 is 0 Å². The first kappa shape index (κ1) is 20.9. The Bertz CT molecular complexity index is 920. The fraction of sp³-hybridized carbons (Fsp3) is 0.435. The summed E-state index contributed by atoms with van der Waals surface area (Å²) in [5.41, 5.74) is 0.990. The van der Waals surface area contributed by atoms with Crippen LogP contribution in [0.5, 0.6) is 5.75 Å². The number of benzene rings is 2. The molecule has 0 bridgehead atoms. The molecule has 2 aromatic carbocycles. The van der Waals surface area contributed by atoms with E-state index in [1.54, 1.807) is 7.11 Å². The number of para-hydroxylation sites is 1. The maximum absolute atomic E-state index is 13.0. The van der Waals surface area contributed by atoms with Crippen molar-refractivity contribution in [3.8, 4) is 5.75 Å². The number of hydrogen-bond donors (Lipinski definition) is 0. The van der Waals surface area contributed by atoms with Crippen LogP contribution in [0.4, 0.5) is 0 Å². The van der Waals surface area contributed by atoms with Crippen LogP contribution in [0.25, 0.3) is 0 Å². The molecule has 0 N–H and O–H groups in total. The molecule has 3 atom stereocenters. The van der Waals surface area contributed by atoms with Gasteiger partial charge in [0.15, 0.2) is 0 Å². The molecule has 0 radical (unpaired) electrons. The van der Waals surface area contributed by atoms with Gasteiger partial charge in [-0.3, -0.25) is 4.79 Å². The van der Waals surface area contributed by atoms with Gasteiger partial charge in [-0.2, -0.15) is 0 Å². The highest BCUT2D eigenvalue weighted by molar-refractivity contribution is 7.99. The SMILES string of the molecule is COc1ccccc1Sc1ccc(C2CC2C(=O)N2CCCCC2C)c(Cl)c1Cl. The average Bonchev–Trinajstić information content (AvgIpc) is 3.52. The molecular weight excluding hydrogens is 425 g/mol. The lowest BCUT2D eigenvalue weighted by Gasteiger charge is -2.33. The monoisotopic (exact) mass is 449 g/mol. The van der Waals surface area contributed by atoms with Crippen LogP contribution < -0.4 is 4.74 Å². The second-order valence-electron chi connectivity index (χ2n) is 7.86. The number of carbonyl (C=O) groups is 1. The van der Waals surface area contributed by atoms with Crippen molar-refractivity contribution in [2.75, 3.05) is 13.7 Å². The summed E-state index contributed by atoms with van der Waals surface area (Å²) < 4.78 is 5.43. The van der Waals surface area contributed by atoms with Crippen molar-refractivity contribution in [3.63, 3.8) is 0 Å². The Morgan fingerprint density at radius 2 is 1.90 bits per heavy atom. The van der Waals surface area contributed by atoms with E-state index >= 15 is 0 Å². The van der Waals surface area contributed by atoms with Crippen molar-refractivity contribution in [1.29, 1.82) is 0 Å². The molecule has 1 saturated heterocycles. The number of likely N-dealkylation sites (tertiary alicyclic amines) is 1. The predicted octanol–water partition coefficient (Wildman–Crippen LogP) is 6.66. The van der Waals surface area contributed by atoms with E-state index in [1.165, 1.54) is 18.2 Å². The van der Waals surface area contributed by atoms with Gasteiger partial charge in [0.25, 0.3) is 0 Å². The van der Waals surface area contributed by atoms with Gasteiger partial charge in [0, 0.05) is 23.4 Å². The lowest BCUT2D eigenvalue weighted by atomic mass is 10.0. The first-order chi connectivity index (χ1) is 14.0. The first-order valence-electron chi connectivity index (χ1n) is 10.1. The molecule has 2 aromatic rings. The number of methoxy groups -OCH3 is 1.